The van der Waals surface area contributed by atoms with E-state index >= 15 is 0 Å². The monoisotopic (exact) mass is 294 g/mol. The van der Waals surface area contributed by atoms with Gasteiger partial charge in [0.15, 0.2) is 5.89 Å². The Kier molecular flexibility index (Phi) is 2.63. The Morgan fingerprint density at radius 3 is 2.45 bits per heavy atom. The number of aryl methyl sites for hydroxylation is 1. The molecule has 0 aliphatic carbocycles. The highest BCUT2D eigenvalue weighted by Gasteiger charge is 2.16. The highest BCUT2D eigenvalue weighted by molar-refractivity contribution is 6.02. The summed E-state index contributed by atoms with van der Waals surface area (Å²) in [6.07, 6.45) is 0. The third kappa shape index (κ3) is 1.75. The van der Waals surface area contributed by atoms with Crippen LogP contribution in [0.1, 0.15) is 5.89 Å². The Balaban J connectivity index is 2.22. The molecule has 0 fully saturated rings. The predicted molar refractivity (Wildman–Crippen MR) is 81.8 cm³/mol. The molecule has 5 heteroatoms. The maximum absolute atomic E-state index is 13.2. The molecule has 0 saturated heterocycles. The van der Waals surface area contributed by atoms with Crippen LogP contribution in [-0.4, -0.2) is 9.55 Å². The summed E-state index contributed by atoms with van der Waals surface area (Å²) >= 11 is 0. The third-order valence-electron chi connectivity index (χ3n) is 3.62. The second kappa shape index (κ2) is 4.53. The summed E-state index contributed by atoms with van der Waals surface area (Å²) in [4.78, 5) is 17.2. The van der Waals surface area contributed by atoms with Crippen LogP contribution >= 0.6 is 0 Å². The van der Waals surface area contributed by atoms with E-state index in [4.69, 9.17) is 4.42 Å². The molecule has 0 saturated carbocycles. The van der Waals surface area contributed by atoms with Crippen LogP contribution in [0.2, 0.25) is 0 Å². The average molecular weight is 294 g/mol. The zero-order valence-corrected chi connectivity index (χ0v) is 11.7. The first-order valence-electron chi connectivity index (χ1n) is 6.82. The Bertz CT molecular complexity index is 1060. The molecule has 0 aliphatic heterocycles. The SMILES string of the molecule is Cc1nc2c3ccccc3c(=O)n(-c3ccc(F)cc3)c2o1. The van der Waals surface area contributed by atoms with Crippen molar-refractivity contribution in [2.45, 2.75) is 6.92 Å². The lowest BCUT2D eigenvalue weighted by molar-refractivity contribution is 0.542. The van der Waals surface area contributed by atoms with Crippen molar-refractivity contribution >= 4 is 22.0 Å². The molecule has 0 amide bonds. The molecule has 4 aromatic rings. The van der Waals surface area contributed by atoms with Crippen LogP contribution in [0.15, 0.2) is 57.7 Å². The highest BCUT2D eigenvalue weighted by Crippen LogP contribution is 2.25. The first-order chi connectivity index (χ1) is 10.6. The Morgan fingerprint density at radius 2 is 1.73 bits per heavy atom. The van der Waals surface area contributed by atoms with Gasteiger partial charge in [-0.15, -0.1) is 0 Å². The van der Waals surface area contributed by atoms with Gasteiger partial charge >= 0.3 is 0 Å². The minimum atomic E-state index is -0.359. The van der Waals surface area contributed by atoms with Crippen LogP contribution < -0.4 is 5.56 Å². The van der Waals surface area contributed by atoms with Gasteiger partial charge in [-0.25, -0.2) is 13.9 Å². The lowest BCUT2D eigenvalue weighted by Crippen LogP contribution is -2.18. The third-order valence-corrected chi connectivity index (χ3v) is 3.62. The van der Waals surface area contributed by atoms with Crippen LogP contribution in [0.25, 0.3) is 27.7 Å². The Labute approximate surface area is 124 Å². The summed E-state index contributed by atoms with van der Waals surface area (Å²) in [5.41, 5.74) is 1.31. The van der Waals surface area contributed by atoms with Gasteiger partial charge in [-0.05, 0) is 30.3 Å². The fraction of sp³-hybridized carbons (Fsp3) is 0.0588. The minimum absolute atomic E-state index is 0.217. The molecule has 4 nitrogen and oxygen atoms in total. The zero-order chi connectivity index (χ0) is 15.3. The van der Waals surface area contributed by atoms with Gasteiger partial charge in [-0.1, -0.05) is 18.2 Å². The number of hydrogen-bond acceptors (Lipinski definition) is 3. The molecule has 0 spiro atoms. The van der Waals surface area contributed by atoms with E-state index in [-0.39, 0.29) is 11.4 Å². The molecular weight excluding hydrogens is 283 g/mol. The van der Waals surface area contributed by atoms with Gasteiger partial charge in [-0.2, -0.15) is 0 Å². The number of rotatable bonds is 1. The summed E-state index contributed by atoms with van der Waals surface area (Å²) in [5, 5.41) is 1.30. The first kappa shape index (κ1) is 12.8. The van der Waals surface area contributed by atoms with Crippen LogP contribution in [0.5, 0.6) is 0 Å². The summed E-state index contributed by atoms with van der Waals surface area (Å²) in [7, 11) is 0. The maximum Gasteiger partial charge on any atom is 0.265 e. The summed E-state index contributed by atoms with van der Waals surface area (Å²) in [6.45, 7) is 1.73. The van der Waals surface area contributed by atoms with Crippen molar-refractivity contribution in [1.29, 1.82) is 0 Å². The van der Waals surface area contributed by atoms with E-state index in [1.54, 1.807) is 31.2 Å². The van der Waals surface area contributed by atoms with Crippen LogP contribution in [0, 0.1) is 12.7 Å². The Hall–Kier alpha value is -2.95. The molecule has 108 valence electrons. The predicted octanol–water partition coefficient (Wildman–Crippen LogP) is 3.58. The lowest BCUT2D eigenvalue weighted by Gasteiger charge is -2.08. The van der Waals surface area contributed by atoms with Gasteiger partial charge in [0.2, 0.25) is 5.71 Å². The molecule has 4 rings (SSSR count). The molecule has 0 radical (unpaired) electrons. The highest BCUT2D eigenvalue weighted by atomic mass is 19.1. The van der Waals surface area contributed by atoms with Crippen molar-refractivity contribution in [3.8, 4) is 5.69 Å². The zero-order valence-electron chi connectivity index (χ0n) is 11.7. The number of pyridine rings is 1. The molecule has 0 aliphatic rings. The molecule has 2 heterocycles. The van der Waals surface area contributed by atoms with E-state index in [2.05, 4.69) is 4.98 Å². The van der Waals surface area contributed by atoms with Gasteiger partial charge in [0.1, 0.15) is 11.3 Å². The van der Waals surface area contributed by atoms with Gasteiger partial charge < -0.3 is 4.42 Å². The van der Waals surface area contributed by atoms with E-state index in [9.17, 15) is 9.18 Å². The van der Waals surface area contributed by atoms with Crippen molar-refractivity contribution < 1.29 is 8.81 Å². The molecule has 0 atom stereocenters. The van der Waals surface area contributed by atoms with Gasteiger partial charge in [0, 0.05) is 17.7 Å². The summed E-state index contributed by atoms with van der Waals surface area (Å²) in [5.74, 6) is 0.115. The molecule has 0 N–H and O–H groups in total. The summed E-state index contributed by atoms with van der Waals surface area (Å²) in [6, 6.07) is 13.0. The van der Waals surface area contributed by atoms with Crippen LogP contribution in [0.4, 0.5) is 4.39 Å². The fourth-order valence-corrected chi connectivity index (χ4v) is 2.66. The van der Waals surface area contributed by atoms with Crippen molar-refractivity contribution in [3.63, 3.8) is 0 Å². The molecule has 0 bridgehead atoms. The maximum atomic E-state index is 13.2. The number of benzene rings is 2. The molecule has 2 aromatic carbocycles. The van der Waals surface area contributed by atoms with Crippen molar-refractivity contribution in [1.82, 2.24) is 9.55 Å². The number of nitrogens with zero attached hydrogens (tertiary/aromatic N) is 2. The smallest absolute Gasteiger partial charge is 0.265 e. The molecular formula is C17H11FN2O2. The normalized spacial score (nSPS) is 11.4. The van der Waals surface area contributed by atoms with Crippen LogP contribution in [0.3, 0.4) is 0 Å². The topological polar surface area (TPSA) is 48.0 Å². The quantitative estimate of drug-likeness (QED) is 0.539. The Morgan fingerprint density at radius 1 is 1.05 bits per heavy atom. The lowest BCUT2D eigenvalue weighted by atomic mass is 10.1. The van der Waals surface area contributed by atoms with Crippen molar-refractivity contribution in [2.24, 2.45) is 0 Å². The summed E-state index contributed by atoms with van der Waals surface area (Å²) < 4.78 is 20.2. The van der Waals surface area contributed by atoms with Gasteiger partial charge in [-0.3, -0.25) is 4.79 Å². The van der Waals surface area contributed by atoms with Gasteiger partial charge in [0.25, 0.3) is 5.56 Å². The second-order valence-corrected chi connectivity index (χ2v) is 5.05. The first-order valence-corrected chi connectivity index (χ1v) is 6.82. The number of oxazole rings is 1. The largest absolute Gasteiger partial charge is 0.424 e. The molecule has 0 unspecified atom stereocenters. The standard InChI is InChI=1S/C17H11FN2O2/c1-10-19-15-13-4-2-3-5-14(13)16(21)20(17(15)22-10)12-8-6-11(18)7-9-12/h2-9H,1H3. The average Bonchev–Trinajstić information content (AvgIpc) is 2.91. The number of aromatic nitrogens is 2. The van der Waals surface area contributed by atoms with E-state index in [1.165, 1.54) is 16.7 Å². The van der Waals surface area contributed by atoms with Crippen LogP contribution in [-0.2, 0) is 0 Å². The van der Waals surface area contributed by atoms with E-state index in [0.717, 1.165) is 5.39 Å². The van der Waals surface area contributed by atoms with Crippen molar-refractivity contribution in [2.75, 3.05) is 0 Å². The van der Waals surface area contributed by atoms with E-state index in [1.807, 2.05) is 12.1 Å². The van der Waals surface area contributed by atoms with Gasteiger partial charge in [0.05, 0.1) is 5.69 Å². The fourth-order valence-electron chi connectivity index (χ4n) is 2.66. The van der Waals surface area contributed by atoms with Crippen molar-refractivity contribution in [3.05, 3.63) is 70.6 Å². The number of halogens is 1. The van der Waals surface area contributed by atoms with E-state index < -0.39 is 0 Å². The minimum Gasteiger partial charge on any atom is -0.424 e. The molecule has 22 heavy (non-hydrogen) atoms. The van der Waals surface area contributed by atoms with E-state index in [0.29, 0.717) is 28.2 Å². The number of fused-ring (bicyclic) bond motifs is 3. The molecule has 2 aromatic heterocycles. The number of hydrogen-bond donors (Lipinski definition) is 0. The second-order valence-electron chi connectivity index (χ2n) is 5.05.